The van der Waals surface area contributed by atoms with Crippen LogP contribution >= 0.6 is 0 Å². The van der Waals surface area contributed by atoms with Crippen molar-refractivity contribution in [2.75, 3.05) is 11.4 Å². The molecule has 1 aromatic rings. The minimum atomic E-state index is -0.507. The molecule has 0 radical (unpaired) electrons. The molecule has 17 heavy (non-hydrogen) atoms. The van der Waals surface area contributed by atoms with E-state index in [2.05, 4.69) is 0 Å². The molecule has 0 unspecified atom stereocenters. The lowest BCUT2D eigenvalue weighted by atomic mass is 10.2. The first-order valence-corrected chi connectivity index (χ1v) is 5.59. The Kier molecular flexibility index (Phi) is 2.69. The first kappa shape index (κ1) is 11.7. The van der Waals surface area contributed by atoms with Gasteiger partial charge in [0, 0.05) is 18.2 Å². The van der Waals surface area contributed by atoms with Crippen LogP contribution in [0.5, 0.6) is 0 Å². The summed E-state index contributed by atoms with van der Waals surface area (Å²) in [6.45, 7) is 6.06. The third-order valence-electron chi connectivity index (χ3n) is 2.50. The van der Waals surface area contributed by atoms with Gasteiger partial charge in [-0.15, -0.1) is 0 Å². The van der Waals surface area contributed by atoms with Gasteiger partial charge in [-0.3, -0.25) is 4.90 Å². The molecule has 1 amide bonds. The number of nitrogens with zero attached hydrogens (tertiary/aromatic N) is 2. The van der Waals surface area contributed by atoms with Crippen molar-refractivity contribution in [3.05, 3.63) is 29.2 Å². The Morgan fingerprint density at radius 2 is 2.24 bits per heavy atom. The second kappa shape index (κ2) is 3.91. The van der Waals surface area contributed by atoms with Gasteiger partial charge >= 0.3 is 6.09 Å². The van der Waals surface area contributed by atoms with E-state index in [-0.39, 0.29) is 6.09 Å². The third-order valence-corrected chi connectivity index (χ3v) is 2.50. The molecule has 0 N–H and O–H groups in total. The van der Waals surface area contributed by atoms with E-state index in [1.807, 2.05) is 20.8 Å². The van der Waals surface area contributed by atoms with Crippen molar-refractivity contribution in [1.29, 1.82) is 0 Å². The van der Waals surface area contributed by atoms with Gasteiger partial charge in [0.05, 0.1) is 5.69 Å². The largest absolute Gasteiger partial charge is 0.619 e. The van der Waals surface area contributed by atoms with Gasteiger partial charge in [-0.05, 0) is 27.2 Å². The predicted octanol–water partition coefficient (Wildman–Crippen LogP) is 1.62. The quantitative estimate of drug-likeness (QED) is 0.508. The fraction of sp³-hybridized carbons (Fsp3) is 0.500. The summed E-state index contributed by atoms with van der Waals surface area (Å²) in [6, 6.07) is 1.65. The lowest BCUT2D eigenvalue weighted by Crippen LogP contribution is -2.36. The topological polar surface area (TPSA) is 56.5 Å². The molecule has 2 heterocycles. The zero-order chi connectivity index (χ0) is 12.6. The molecule has 2 rings (SSSR count). The van der Waals surface area contributed by atoms with Gasteiger partial charge < -0.3 is 9.94 Å². The highest BCUT2D eigenvalue weighted by Gasteiger charge is 2.30. The molecule has 0 atom stereocenters. The second-order valence-electron chi connectivity index (χ2n) is 5.10. The molecule has 0 aromatic carbocycles. The Morgan fingerprint density at radius 3 is 2.88 bits per heavy atom. The minimum absolute atomic E-state index is 0.361. The van der Waals surface area contributed by atoms with E-state index >= 15 is 0 Å². The van der Waals surface area contributed by atoms with Crippen molar-refractivity contribution in [1.82, 2.24) is 0 Å². The van der Waals surface area contributed by atoms with Crippen LogP contribution in [-0.4, -0.2) is 18.2 Å². The Morgan fingerprint density at radius 1 is 1.53 bits per heavy atom. The molecular formula is C12H16N2O3. The van der Waals surface area contributed by atoms with E-state index < -0.39 is 5.60 Å². The first-order valence-electron chi connectivity index (χ1n) is 5.59. The van der Waals surface area contributed by atoms with Gasteiger partial charge in [-0.1, -0.05) is 0 Å². The number of fused-ring (bicyclic) bond motifs is 1. The smallest absolute Gasteiger partial charge is 0.414 e. The maximum atomic E-state index is 11.9. The van der Waals surface area contributed by atoms with E-state index in [9.17, 15) is 10.0 Å². The van der Waals surface area contributed by atoms with E-state index in [0.717, 1.165) is 16.0 Å². The molecule has 0 spiro atoms. The van der Waals surface area contributed by atoms with E-state index in [1.165, 1.54) is 12.4 Å². The van der Waals surface area contributed by atoms with Crippen molar-refractivity contribution in [3.63, 3.8) is 0 Å². The van der Waals surface area contributed by atoms with Crippen LogP contribution in [0.25, 0.3) is 0 Å². The summed E-state index contributed by atoms with van der Waals surface area (Å²) >= 11 is 0. The summed E-state index contributed by atoms with van der Waals surface area (Å²) < 4.78 is 6.06. The summed E-state index contributed by atoms with van der Waals surface area (Å²) in [5.41, 5.74) is 1.15. The molecule has 0 saturated heterocycles. The molecular weight excluding hydrogens is 220 g/mol. The summed E-state index contributed by atoms with van der Waals surface area (Å²) in [5, 5.41) is 11.1. The lowest BCUT2D eigenvalue weighted by molar-refractivity contribution is -0.605. The van der Waals surface area contributed by atoms with Gasteiger partial charge in [0.1, 0.15) is 5.60 Å². The predicted molar refractivity (Wildman–Crippen MR) is 62.7 cm³/mol. The molecule has 0 aliphatic carbocycles. The number of pyridine rings is 1. The number of hydrogen-bond donors (Lipinski definition) is 0. The highest BCUT2D eigenvalue weighted by Crippen LogP contribution is 2.27. The van der Waals surface area contributed by atoms with Crippen molar-refractivity contribution < 1.29 is 14.3 Å². The maximum absolute atomic E-state index is 11.9. The number of carbonyl (C=O) groups excluding carboxylic acids is 1. The number of carbonyl (C=O) groups is 1. The molecule has 5 nitrogen and oxygen atoms in total. The molecule has 0 saturated carbocycles. The normalized spacial score (nSPS) is 14.6. The van der Waals surface area contributed by atoms with Gasteiger partial charge in [0.15, 0.2) is 12.4 Å². The SMILES string of the molecule is CC(C)(C)OC(=O)N1CCc2c[n+]([O-])ccc21. The van der Waals surface area contributed by atoms with Gasteiger partial charge in [0.25, 0.3) is 0 Å². The molecule has 5 heteroatoms. The van der Waals surface area contributed by atoms with Crippen molar-refractivity contribution >= 4 is 11.8 Å². The van der Waals surface area contributed by atoms with Crippen LogP contribution in [0.4, 0.5) is 10.5 Å². The lowest BCUT2D eigenvalue weighted by Gasteiger charge is -2.24. The van der Waals surface area contributed by atoms with Crippen molar-refractivity contribution in [2.45, 2.75) is 32.8 Å². The summed E-state index contributed by atoms with van der Waals surface area (Å²) in [4.78, 5) is 13.5. The number of aromatic nitrogens is 1. The standard InChI is InChI=1S/C12H16N2O3/c1-12(2,3)17-11(15)14-7-4-9-8-13(16)6-5-10(9)14/h5-6,8H,4,7H2,1-3H3. The second-order valence-corrected chi connectivity index (χ2v) is 5.10. The molecule has 92 valence electrons. The van der Waals surface area contributed by atoms with E-state index in [4.69, 9.17) is 4.74 Å². The molecule has 1 aliphatic heterocycles. The van der Waals surface area contributed by atoms with Crippen molar-refractivity contribution in [3.8, 4) is 0 Å². The maximum Gasteiger partial charge on any atom is 0.414 e. The van der Waals surface area contributed by atoms with Gasteiger partial charge in [0.2, 0.25) is 0 Å². The summed E-state index contributed by atoms with van der Waals surface area (Å²) in [5.74, 6) is 0. The molecule has 1 aliphatic rings. The fourth-order valence-electron chi connectivity index (χ4n) is 1.83. The van der Waals surface area contributed by atoms with Gasteiger partial charge in [-0.25, -0.2) is 4.79 Å². The third kappa shape index (κ3) is 2.49. The zero-order valence-electron chi connectivity index (χ0n) is 10.3. The number of hydrogen-bond acceptors (Lipinski definition) is 3. The Balaban J connectivity index is 2.20. The minimum Gasteiger partial charge on any atom is -0.619 e. The fourth-order valence-corrected chi connectivity index (χ4v) is 1.83. The van der Waals surface area contributed by atoms with Crippen molar-refractivity contribution in [2.24, 2.45) is 0 Å². The van der Waals surface area contributed by atoms with Gasteiger partial charge in [-0.2, -0.15) is 4.73 Å². The van der Waals surface area contributed by atoms with Crippen LogP contribution in [-0.2, 0) is 11.2 Å². The number of rotatable bonds is 0. The van der Waals surface area contributed by atoms with Crippen LogP contribution in [0.2, 0.25) is 0 Å². The highest BCUT2D eigenvalue weighted by atomic mass is 16.6. The van der Waals surface area contributed by atoms with E-state index in [0.29, 0.717) is 13.0 Å². The zero-order valence-corrected chi connectivity index (χ0v) is 10.3. The molecule has 0 bridgehead atoms. The van der Waals surface area contributed by atoms with Crippen LogP contribution in [0.15, 0.2) is 18.5 Å². The van der Waals surface area contributed by atoms with Crippen LogP contribution in [0, 0.1) is 5.21 Å². The summed E-state index contributed by atoms with van der Waals surface area (Å²) in [7, 11) is 0. The highest BCUT2D eigenvalue weighted by molar-refractivity contribution is 5.90. The number of anilines is 1. The Hall–Kier alpha value is -1.78. The van der Waals surface area contributed by atoms with Crippen LogP contribution < -0.4 is 9.63 Å². The van der Waals surface area contributed by atoms with E-state index in [1.54, 1.807) is 11.0 Å². The Bertz CT molecular complexity index is 452. The van der Waals surface area contributed by atoms with Crippen LogP contribution in [0.3, 0.4) is 0 Å². The monoisotopic (exact) mass is 236 g/mol. The summed E-state index contributed by atoms with van der Waals surface area (Å²) in [6.07, 6.45) is 3.22. The number of amides is 1. The number of ether oxygens (including phenoxy) is 1. The Labute approximate surface area is 100 Å². The first-order chi connectivity index (χ1) is 7.87. The molecule has 1 aromatic heterocycles. The molecule has 0 fully saturated rings. The average molecular weight is 236 g/mol. The van der Waals surface area contributed by atoms with Crippen LogP contribution in [0.1, 0.15) is 26.3 Å². The average Bonchev–Trinajstić information content (AvgIpc) is 2.57.